The maximum absolute atomic E-state index is 12.6. The van der Waals surface area contributed by atoms with E-state index >= 15 is 0 Å². The Morgan fingerprint density at radius 3 is 2.16 bits per heavy atom. The van der Waals surface area contributed by atoms with Crippen LogP contribution in [0.5, 0.6) is 5.75 Å². The summed E-state index contributed by atoms with van der Waals surface area (Å²) in [6, 6.07) is 12.3. The molecule has 38 heavy (non-hydrogen) atoms. The number of rotatable bonds is 8. The van der Waals surface area contributed by atoms with Crippen LogP contribution in [-0.2, 0) is 14.9 Å². The third kappa shape index (κ3) is 6.43. The maximum Gasteiger partial charge on any atom is 0.339 e. The van der Waals surface area contributed by atoms with Gasteiger partial charge in [-0.3, -0.25) is 25.0 Å². The van der Waals surface area contributed by atoms with E-state index in [2.05, 4.69) is 5.32 Å². The van der Waals surface area contributed by atoms with Crippen molar-refractivity contribution in [1.82, 2.24) is 0 Å². The Morgan fingerprint density at radius 2 is 1.63 bits per heavy atom. The minimum absolute atomic E-state index is 0.127. The SMILES string of the molecule is Cc1ccc(S(=O)(=O)Oc2ccc(/C=C(\C#N)C(=O)Nc3c(Cl)cc([N+](=O)[O-])cc3Cl)cc2)cc1[N+](=O)[O-]. The molecule has 0 radical (unpaired) electrons. The molecular weight excluding hydrogens is 563 g/mol. The Labute approximate surface area is 225 Å². The average Bonchev–Trinajstić information content (AvgIpc) is 2.85. The first kappa shape index (κ1) is 28.1. The zero-order valence-corrected chi connectivity index (χ0v) is 21.4. The zero-order valence-electron chi connectivity index (χ0n) is 19.0. The van der Waals surface area contributed by atoms with Crippen molar-refractivity contribution in [2.24, 2.45) is 0 Å². The number of carbonyl (C=O) groups excluding carboxylic acids is 1. The third-order valence-electron chi connectivity index (χ3n) is 4.90. The monoisotopic (exact) mass is 576 g/mol. The Morgan fingerprint density at radius 1 is 1.03 bits per heavy atom. The van der Waals surface area contributed by atoms with E-state index in [0.717, 1.165) is 18.2 Å². The van der Waals surface area contributed by atoms with Crippen LogP contribution in [0.2, 0.25) is 10.0 Å². The highest BCUT2D eigenvalue weighted by Gasteiger charge is 2.22. The summed E-state index contributed by atoms with van der Waals surface area (Å²) in [6.45, 7) is 1.46. The molecule has 0 aliphatic heterocycles. The number of anilines is 1. The Hall–Kier alpha value is -4.51. The first-order valence-electron chi connectivity index (χ1n) is 10.2. The number of nitriles is 1. The van der Waals surface area contributed by atoms with Crippen molar-refractivity contribution >= 4 is 62.4 Å². The van der Waals surface area contributed by atoms with Gasteiger partial charge in [-0.25, -0.2) is 0 Å². The van der Waals surface area contributed by atoms with Gasteiger partial charge in [0.05, 0.1) is 25.6 Å². The minimum atomic E-state index is -4.39. The highest BCUT2D eigenvalue weighted by atomic mass is 35.5. The van der Waals surface area contributed by atoms with Gasteiger partial charge >= 0.3 is 10.1 Å². The second-order valence-corrected chi connectivity index (χ2v) is 9.84. The van der Waals surface area contributed by atoms with Crippen LogP contribution >= 0.6 is 23.2 Å². The lowest BCUT2D eigenvalue weighted by atomic mass is 10.1. The summed E-state index contributed by atoms with van der Waals surface area (Å²) in [7, 11) is -4.39. The van der Waals surface area contributed by atoms with Crippen LogP contribution in [0.15, 0.2) is 65.1 Å². The smallest absolute Gasteiger partial charge is 0.339 e. The van der Waals surface area contributed by atoms with Gasteiger partial charge in [0.15, 0.2) is 0 Å². The van der Waals surface area contributed by atoms with E-state index in [-0.39, 0.29) is 44.0 Å². The van der Waals surface area contributed by atoms with Gasteiger partial charge in [-0.15, -0.1) is 0 Å². The Kier molecular flexibility index (Phi) is 8.32. The molecule has 3 rings (SSSR count). The van der Waals surface area contributed by atoms with Gasteiger partial charge in [-0.2, -0.15) is 13.7 Å². The molecule has 15 heteroatoms. The zero-order chi connectivity index (χ0) is 28.2. The minimum Gasteiger partial charge on any atom is -0.379 e. The van der Waals surface area contributed by atoms with Crippen LogP contribution in [0.1, 0.15) is 11.1 Å². The van der Waals surface area contributed by atoms with Crippen molar-refractivity contribution in [3.63, 3.8) is 0 Å². The molecule has 1 amide bonds. The van der Waals surface area contributed by atoms with Crippen molar-refractivity contribution in [3.05, 3.63) is 102 Å². The predicted molar refractivity (Wildman–Crippen MR) is 137 cm³/mol. The summed E-state index contributed by atoms with van der Waals surface area (Å²) in [5.41, 5.74) is -0.694. The molecule has 0 spiro atoms. The standard InChI is InChI=1S/C23H14Cl2N4O8S/c1-13-2-7-18(11-21(13)29(33)34)38(35,36)37-17-5-3-14(4-6-17)8-15(12-26)23(30)27-22-19(24)9-16(28(31)32)10-20(22)25/h2-11H,1H3,(H,27,30)/b15-8+. The molecule has 0 fully saturated rings. The van der Waals surface area contributed by atoms with E-state index in [1.165, 1.54) is 49.4 Å². The van der Waals surface area contributed by atoms with E-state index in [9.17, 15) is 38.7 Å². The molecule has 1 N–H and O–H groups in total. The van der Waals surface area contributed by atoms with Gasteiger partial charge in [0, 0.05) is 23.8 Å². The molecule has 0 saturated heterocycles. The summed E-state index contributed by atoms with van der Waals surface area (Å²) < 4.78 is 30.2. The van der Waals surface area contributed by atoms with E-state index in [1.54, 1.807) is 6.07 Å². The van der Waals surface area contributed by atoms with Crippen LogP contribution in [0, 0.1) is 38.5 Å². The van der Waals surface area contributed by atoms with Gasteiger partial charge in [-0.05, 0) is 36.8 Å². The number of hydrogen-bond donors (Lipinski definition) is 1. The predicted octanol–water partition coefficient (Wildman–Crippen LogP) is 5.43. The number of nitrogens with one attached hydrogen (secondary N) is 1. The number of amides is 1. The van der Waals surface area contributed by atoms with E-state index < -0.39 is 30.8 Å². The lowest BCUT2D eigenvalue weighted by Gasteiger charge is -2.09. The van der Waals surface area contributed by atoms with Crippen molar-refractivity contribution in [2.45, 2.75) is 11.8 Å². The molecule has 0 unspecified atom stereocenters. The fraction of sp³-hybridized carbons (Fsp3) is 0.0435. The van der Waals surface area contributed by atoms with Gasteiger partial charge in [0.2, 0.25) is 0 Å². The van der Waals surface area contributed by atoms with Gasteiger partial charge in [-0.1, -0.05) is 41.4 Å². The molecule has 194 valence electrons. The summed E-state index contributed by atoms with van der Waals surface area (Å²) in [5.74, 6) is -1.04. The molecule has 3 aromatic carbocycles. The second kappa shape index (κ2) is 11.3. The quantitative estimate of drug-likeness (QED) is 0.120. The fourth-order valence-electron chi connectivity index (χ4n) is 3.02. The van der Waals surface area contributed by atoms with Gasteiger partial charge in [0.25, 0.3) is 17.3 Å². The number of hydrogen-bond acceptors (Lipinski definition) is 9. The summed E-state index contributed by atoms with van der Waals surface area (Å²) in [4.78, 5) is 32.8. The van der Waals surface area contributed by atoms with E-state index in [1.807, 2.05) is 0 Å². The van der Waals surface area contributed by atoms with Crippen molar-refractivity contribution in [1.29, 1.82) is 5.26 Å². The molecule has 0 aliphatic carbocycles. The van der Waals surface area contributed by atoms with Crippen LogP contribution in [-0.4, -0.2) is 24.2 Å². The molecule has 0 atom stereocenters. The van der Waals surface area contributed by atoms with E-state index in [4.69, 9.17) is 27.4 Å². The lowest BCUT2D eigenvalue weighted by Crippen LogP contribution is -2.14. The molecule has 12 nitrogen and oxygen atoms in total. The number of carbonyl (C=O) groups is 1. The second-order valence-electron chi connectivity index (χ2n) is 7.48. The maximum atomic E-state index is 12.6. The largest absolute Gasteiger partial charge is 0.379 e. The number of nitro groups is 2. The first-order chi connectivity index (χ1) is 17.8. The summed E-state index contributed by atoms with van der Waals surface area (Å²) >= 11 is 11.9. The number of aryl methyl sites for hydroxylation is 1. The first-order valence-corrected chi connectivity index (χ1v) is 12.3. The number of nitro benzene ring substituents is 2. The van der Waals surface area contributed by atoms with Crippen LogP contribution in [0.4, 0.5) is 17.1 Å². The van der Waals surface area contributed by atoms with Crippen molar-refractivity contribution in [2.75, 3.05) is 5.32 Å². The highest BCUT2D eigenvalue weighted by molar-refractivity contribution is 7.87. The Bertz CT molecular complexity index is 1630. The summed E-state index contributed by atoms with van der Waals surface area (Å²) in [6.07, 6.45) is 1.18. The molecule has 0 saturated carbocycles. The number of nitrogens with zero attached hydrogens (tertiary/aromatic N) is 3. The normalized spacial score (nSPS) is 11.4. The molecule has 0 heterocycles. The molecule has 3 aromatic rings. The molecule has 0 bridgehead atoms. The number of non-ortho nitro benzene ring substituents is 1. The summed E-state index contributed by atoms with van der Waals surface area (Å²) in [5, 5.41) is 33.3. The topological polar surface area (TPSA) is 183 Å². The molecule has 0 aliphatic rings. The number of halogens is 2. The number of benzene rings is 3. The highest BCUT2D eigenvalue weighted by Crippen LogP contribution is 2.35. The van der Waals surface area contributed by atoms with Crippen molar-refractivity contribution < 1.29 is 27.2 Å². The van der Waals surface area contributed by atoms with Gasteiger partial charge < -0.3 is 9.50 Å². The fourth-order valence-corrected chi connectivity index (χ4v) is 4.54. The third-order valence-corrected chi connectivity index (χ3v) is 6.74. The molecule has 0 aromatic heterocycles. The van der Waals surface area contributed by atoms with Crippen LogP contribution in [0.3, 0.4) is 0 Å². The lowest BCUT2D eigenvalue weighted by molar-refractivity contribution is -0.385. The average molecular weight is 577 g/mol. The van der Waals surface area contributed by atoms with Crippen LogP contribution < -0.4 is 9.50 Å². The van der Waals surface area contributed by atoms with E-state index in [0.29, 0.717) is 5.56 Å². The van der Waals surface area contributed by atoms with Crippen molar-refractivity contribution in [3.8, 4) is 11.8 Å². The van der Waals surface area contributed by atoms with Crippen LogP contribution in [0.25, 0.3) is 6.08 Å². The van der Waals surface area contributed by atoms with Gasteiger partial charge in [0.1, 0.15) is 22.3 Å². The Balaban J connectivity index is 1.79. The molecular formula is C23H14Cl2N4O8S.